The van der Waals surface area contributed by atoms with Crippen molar-refractivity contribution in [2.45, 2.75) is 51.7 Å². The van der Waals surface area contributed by atoms with E-state index in [1.165, 1.54) is 4.90 Å². The van der Waals surface area contributed by atoms with Crippen molar-refractivity contribution in [2.24, 2.45) is 0 Å². The first kappa shape index (κ1) is 16.7. The van der Waals surface area contributed by atoms with Crippen LogP contribution in [0.4, 0.5) is 4.79 Å². The number of aliphatic hydroxyl groups is 1. The summed E-state index contributed by atoms with van der Waals surface area (Å²) in [5.41, 5.74) is 0. The third-order valence-electron chi connectivity index (χ3n) is 2.67. The van der Waals surface area contributed by atoms with Gasteiger partial charge in [-0.1, -0.05) is 19.8 Å². The first-order valence-corrected chi connectivity index (χ1v) is 6.31. The van der Waals surface area contributed by atoms with Crippen LogP contribution in [0.1, 0.15) is 39.5 Å². The Morgan fingerprint density at radius 1 is 1.33 bits per heavy atom. The third kappa shape index (κ3) is 7.11. The summed E-state index contributed by atoms with van der Waals surface area (Å²) in [5, 5.41) is 20.6. The molecule has 6 heteroatoms. The Hall–Kier alpha value is -1.30. The molecule has 0 aromatic heterocycles. The number of unbranched alkanes of at least 4 members (excludes halogenated alkanes) is 1. The Kier molecular flexibility index (Phi) is 8.11. The molecule has 18 heavy (non-hydrogen) atoms. The molecular formula is C12H24N2O4. The molecule has 0 aromatic carbocycles. The number of hydrogen-bond acceptors (Lipinski definition) is 3. The van der Waals surface area contributed by atoms with Crippen molar-refractivity contribution in [3.05, 3.63) is 0 Å². The van der Waals surface area contributed by atoms with Gasteiger partial charge in [-0.15, -0.1) is 0 Å². The SMILES string of the molecule is CCCC[C@H](NC(=O)N(C)CCC(C)O)C(=O)O. The number of amides is 2. The van der Waals surface area contributed by atoms with E-state index in [-0.39, 0.29) is 0 Å². The Bertz CT molecular complexity index is 269. The largest absolute Gasteiger partial charge is 0.480 e. The lowest BCUT2D eigenvalue weighted by Gasteiger charge is -2.21. The second kappa shape index (κ2) is 8.74. The lowest BCUT2D eigenvalue weighted by atomic mass is 10.1. The maximum atomic E-state index is 11.7. The number of aliphatic hydroxyl groups excluding tert-OH is 1. The summed E-state index contributed by atoms with van der Waals surface area (Å²) in [4.78, 5) is 24.0. The molecule has 3 N–H and O–H groups in total. The minimum atomic E-state index is -1.01. The van der Waals surface area contributed by atoms with Gasteiger partial charge < -0.3 is 20.4 Å². The molecule has 0 heterocycles. The maximum absolute atomic E-state index is 11.7. The number of carboxylic acids is 1. The van der Waals surface area contributed by atoms with Crippen molar-refractivity contribution in [2.75, 3.05) is 13.6 Å². The molecule has 0 aliphatic heterocycles. The fraction of sp³-hybridized carbons (Fsp3) is 0.833. The monoisotopic (exact) mass is 260 g/mol. The van der Waals surface area contributed by atoms with Crippen molar-refractivity contribution >= 4 is 12.0 Å². The molecule has 106 valence electrons. The molecule has 0 aliphatic rings. The van der Waals surface area contributed by atoms with E-state index in [9.17, 15) is 9.59 Å². The first-order valence-electron chi connectivity index (χ1n) is 6.31. The molecule has 0 fully saturated rings. The Labute approximate surface area is 108 Å². The molecule has 0 saturated heterocycles. The minimum Gasteiger partial charge on any atom is -0.480 e. The molecule has 0 saturated carbocycles. The average molecular weight is 260 g/mol. The zero-order chi connectivity index (χ0) is 14.1. The van der Waals surface area contributed by atoms with Gasteiger partial charge in [0.1, 0.15) is 6.04 Å². The zero-order valence-electron chi connectivity index (χ0n) is 11.3. The van der Waals surface area contributed by atoms with Gasteiger partial charge in [-0.3, -0.25) is 0 Å². The Morgan fingerprint density at radius 3 is 2.39 bits per heavy atom. The molecule has 0 aromatic rings. The van der Waals surface area contributed by atoms with Gasteiger partial charge in [-0.25, -0.2) is 9.59 Å². The number of nitrogens with zero attached hydrogens (tertiary/aromatic N) is 1. The van der Waals surface area contributed by atoms with Crippen LogP contribution in [0.3, 0.4) is 0 Å². The van der Waals surface area contributed by atoms with E-state index >= 15 is 0 Å². The molecule has 0 radical (unpaired) electrons. The lowest BCUT2D eigenvalue weighted by molar-refractivity contribution is -0.139. The van der Waals surface area contributed by atoms with Gasteiger partial charge in [0, 0.05) is 13.6 Å². The van der Waals surface area contributed by atoms with Gasteiger partial charge in [-0.05, 0) is 19.8 Å². The van der Waals surface area contributed by atoms with Crippen molar-refractivity contribution in [1.29, 1.82) is 0 Å². The molecule has 2 atom stereocenters. The standard InChI is InChI=1S/C12H24N2O4/c1-4-5-6-10(11(16)17)13-12(18)14(3)8-7-9(2)15/h9-10,15H,4-8H2,1-3H3,(H,13,18)(H,16,17)/t9?,10-/m0/s1. The number of hydrogen-bond donors (Lipinski definition) is 3. The lowest BCUT2D eigenvalue weighted by Crippen LogP contribution is -2.47. The van der Waals surface area contributed by atoms with Crippen LogP contribution in [0, 0.1) is 0 Å². The van der Waals surface area contributed by atoms with Crippen molar-refractivity contribution in [1.82, 2.24) is 10.2 Å². The molecule has 0 spiro atoms. The minimum absolute atomic E-state index is 0.392. The molecular weight excluding hydrogens is 236 g/mol. The van der Waals surface area contributed by atoms with Crippen LogP contribution >= 0.6 is 0 Å². The summed E-state index contributed by atoms with van der Waals surface area (Å²) >= 11 is 0. The number of carbonyl (C=O) groups is 2. The molecule has 0 aliphatic carbocycles. The summed E-state index contributed by atoms with van der Waals surface area (Å²) in [6, 6.07) is -1.26. The normalized spacial score (nSPS) is 13.8. The van der Waals surface area contributed by atoms with E-state index in [1.807, 2.05) is 6.92 Å². The van der Waals surface area contributed by atoms with Crippen molar-refractivity contribution in [3.8, 4) is 0 Å². The highest BCUT2D eigenvalue weighted by atomic mass is 16.4. The Balaban J connectivity index is 4.18. The van der Waals surface area contributed by atoms with Gasteiger partial charge in [0.2, 0.25) is 0 Å². The van der Waals surface area contributed by atoms with Crippen molar-refractivity contribution < 1.29 is 19.8 Å². The number of carboxylic acid groups (broad SMARTS) is 1. The van der Waals surface area contributed by atoms with E-state index in [0.29, 0.717) is 19.4 Å². The van der Waals surface area contributed by atoms with Gasteiger partial charge in [0.15, 0.2) is 0 Å². The molecule has 6 nitrogen and oxygen atoms in total. The molecule has 2 amide bonds. The smallest absolute Gasteiger partial charge is 0.326 e. The van der Waals surface area contributed by atoms with Crippen molar-refractivity contribution in [3.63, 3.8) is 0 Å². The van der Waals surface area contributed by atoms with Crippen LogP contribution in [-0.4, -0.2) is 52.9 Å². The van der Waals surface area contributed by atoms with E-state index in [4.69, 9.17) is 10.2 Å². The summed E-state index contributed by atoms with van der Waals surface area (Å²) in [6.45, 7) is 4.01. The predicted molar refractivity (Wildman–Crippen MR) is 68.4 cm³/mol. The fourth-order valence-electron chi connectivity index (χ4n) is 1.41. The molecule has 0 rings (SSSR count). The summed E-state index contributed by atoms with van der Waals surface area (Å²) in [6.07, 6.45) is 2.07. The number of carbonyl (C=O) groups excluding carboxylic acids is 1. The maximum Gasteiger partial charge on any atom is 0.326 e. The van der Waals surface area contributed by atoms with Gasteiger partial charge in [0.25, 0.3) is 0 Å². The summed E-state index contributed by atoms with van der Waals surface area (Å²) in [7, 11) is 1.58. The summed E-state index contributed by atoms with van der Waals surface area (Å²) < 4.78 is 0. The van der Waals surface area contributed by atoms with Crippen LogP contribution in [0.5, 0.6) is 0 Å². The number of rotatable bonds is 8. The van der Waals surface area contributed by atoms with Crippen LogP contribution in [0.15, 0.2) is 0 Å². The highest BCUT2D eigenvalue weighted by Crippen LogP contribution is 2.02. The van der Waals surface area contributed by atoms with Crippen LogP contribution in [0.25, 0.3) is 0 Å². The van der Waals surface area contributed by atoms with E-state index in [1.54, 1.807) is 14.0 Å². The van der Waals surface area contributed by atoms with Gasteiger partial charge in [-0.2, -0.15) is 0 Å². The van der Waals surface area contributed by atoms with E-state index in [2.05, 4.69) is 5.32 Å². The van der Waals surface area contributed by atoms with Gasteiger partial charge in [0.05, 0.1) is 6.10 Å². The third-order valence-corrected chi connectivity index (χ3v) is 2.67. The van der Waals surface area contributed by atoms with E-state index < -0.39 is 24.1 Å². The summed E-state index contributed by atoms with van der Waals surface area (Å²) in [5.74, 6) is -1.01. The van der Waals surface area contributed by atoms with Crippen LogP contribution in [-0.2, 0) is 4.79 Å². The van der Waals surface area contributed by atoms with Crippen LogP contribution < -0.4 is 5.32 Å². The first-order chi connectivity index (χ1) is 8.38. The second-order valence-electron chi connectivity index (χ2n) is 4.54. The van der Waals surface area contributed by atoms with E-state index in [0.717, 1.165) is 12.8 Å². The number of aliphatic carboxylic acids is 1. The Morgan fingerprint density at radius 2 is 1.94 bits per heavy atom. The number of urea groups is 1. The quantitative estimate of drug-likeness (QED) is 0.608. The molecule has 1 unspecified atom stereocenters. The zero-order valence-corrected chi connectivity index (χ0v) is 11.3. The highest BCUT2D eigenvalue weighted by Gasteiger charge is 2.20. The molecule has 0 bridgehead atoms. The fourth-order valence-corrected chi connectivity index (χ4v) is 1.41. The topological polar surface area (TPSA) is 89.9 Å². The second-order valence-corrected chi connectivity index (χ2v) is 4.54. The average Bonchev–Trinajstić information content (AvgIpc) is 2.30. The van der Waals surface area contributed by atoms with Crippen LogP contribution in [0.2, 0.25) is 0 Å². The van der Waals surface area contributed by atoms with Gasteiger partial charge >= 0.3 is 12.0 Å². The predicted octanol–water partition coefficient (Wildman–Crippen LogP) is 1.04. The number of nitrogens with one attached hydrogen (secondary N) is 1. The highest BCUT2D eigenvalue weighted by molar-refractivity contribution is 5.82.